The molecule has 3 N–H and O–H groups in total. The molecule has 0 spiro atoms. The molecule has 1 aliphatic heterocycles. The number of hydrogen-bond donors (Lipinski definition) is 3. The highest BCUT2D eigenvalue weighted by molar-refractivity contribution is 7.91. The number of methoxy groups -OCH3 is 1. The molecule has 25 heavy (non-hydrogen) atoms. The van der Waals surface area contributed by atoms with Gasteiger partial charge in [0.1, 0.15) is 11.8 Å². The van der Waals surface area contributed by atoms with E-state index >= 15 is 0 Å². The summed E-state index contributed by atoms with van der Waals surface area (Å²) in [6.07, 6.45) is 0.397. The fourth-order valence-corrected chi connectivity index (χ4v) is 4.16. The van der Waals surface area contributed by atoms with Gasteiger partial charge in [-0.25, -0.2) is 13.2 Å². The minimum atomic E-state index is -3.06. The molecule has 138 valence electrons. The molecule has 2 rings (SSSR count). The summed E-state index contributed by atoms with van der Waals surface area (Å²) in [6, 6.07) is 5.58. The normalized spacial score (nSPS) is 19.7. The zero-order valence-corrected chi connectivity index (χ0v) is 15.1. The van der Waals surface area contributed by atoms with Gasteiger partial charge in [0.25, 0.3) is 0 Å². The Labute approximate surface area is 147 Å². The maximum atomic E-state index is 12.0. The van der Waals surface area contributed by atoms with E-state index in [9.17, 15) is 18.0 Å². The topological polar surface area (TPSA) is 114 Å². The number of urea groups is 1. The monoisotopic (exact) mass is 369 g/mol. The molecular weight excluding hydrogens is 346 g/mol. The Morgan fingerprint density at radius 3 is 2.52 bits per heavy atom. The van der Waals surface area contributed by atoms with Gasteiger partial charge in [-0.05, 0) is 31.0 Å². The summed E-state index contributed by atoms with van der Waals surface area (Å²) in [5, 5.41) is 7.83. The van der Waals surface area contributed by atoms with Gasteiger partial charge in [0.05, 0.1) is 18.6 Å². The molecular formula is C16H23N3O5S. The highest BCUT2D eigenvalue weighted by atomic mass is 32.2. The van der Waals surface area contributed by atoms with Crippen LogP contribution in [-0.2, 0) is 21.2 Å². The number of benzene rings is 1. The van der Waals surface area contributed by atoms with Crippen LogP contribution in [0.3, 0.4) is 0 Å². The first-order valence-electron chi connectivity index (χ1n) is 7.97. The second-order valence-corrected chi connectivity index (χ2v) is 8.23. The summed E-state index contributed by atoms with van der Waals surface area (Å²) in [6.45, 7) is 1.89. The van der Waals surface area contributed by atoms with Crippen LogP contribution >= 0.6 is 0 Å². The van der Waals surface area contributed by atoms with Crippen molar-refractivity contribution >= 4 is 21.8 Å². The highest BCUT2D eigenvalue weighted by Crippen LogP contribution is 2.11. The number of rotatable bonds is 6. The minimum Gasteiger partial charge on any atom is -0.497 e. The molecule has 1 fully saturated rings. The van der Waals surface area contributed by atoms with Crippen LogP contribution in [-0.4, -0.2) is 51.1 Å². The molecule has 0 aliphatic carbocycles. The van der Waals surface area contributed by atoms with Gasteiger partial charge in [0, 0.05) is 12.6 Å². The third kappa shape index (κ3) is 5.93. The van der Waals surface area contributed by atoms with Crippen molar-refractivity contribution in [1.82, 2.24) is 16.0 Å². The van der Waals surface area contributed by atoms with Crippen molar-refractivity contribution in [2.24, 2.45) is 0 Å². The van der Waals surface area contributed by atoms with E-state index in [0.717, 1.165) is 11.3 Å². The number of amides is 3. The van der Waals surface area contributed by atoms with E-state index in [2.05, 4.69) is 16.0 Å². The van der Waals surface area contributed by atoms with Crippen molar-refractivity contribution in [3.8, 4) is 5.75 Å². The van der Waals surface area contributed by atoms with Crippen LogP contribution < -0.4 is 20.7 Å². The summed E-state index contributed by atoms with van der Waals surface area (Å²) in [5.41, 5.74) is 0.905. The lowest BCUT2D eigenvalue weighted by Crippen LogP contribution is -2.50. The van der Waals surface area contributed by atoms with Crippen molar-refractivity contribution in [1.29, 1.82) is 0 Å². The van der Waals surface area contributed by atoms with Crippen LogP contribution in [0.4, 0.5) is 4.79 Å². The van der Waals surface area contributed by atoms with Gasteiger partial charge < -0.3 is 20.7 Å². The summed E-state index contributed by atoms with van der Waals surface area (Å²) < 4.78 is 27.8. The molecule has 8 nitrogen and oxygen atoms in total. The van der Waals surface area contributed by atoms with E-state index < -0.39 is 28.0 Å². The van der Waals surface area contributed by atoms with Crippen molar-refractivity contribution in [2.75, 3.05) is 18.6 Å². The summed E-state index contributed by atoms with van der Waals surface area (Å²) in [7, 11) is -1.48. The van der Waals surface area contributed by atoms with Crippen LogP contribution in [0.1, 0.15) is 18.9 Å². The molecule has 1 saturated heterocycles. The Hall–Kier alpha value is -2.29. The van der Waals surface area contributed by atoms with Crippen LogP contribution in [0.15, 0.2) is 24.3 Å². The predicted molar refractivity (Wildman–Crippen MR) is 93.0 cm³/mol. The summed E-state index contributed by atoms with van der Waals surface area (Å²) in [4.78, 5) is 23.9. The molecule has 1 aromatic carbocycles. The van der Waals surface area contributed by atoms with E-state index in [-0.39, 0.29) is 17.4 Å². The van der Waals surface area contributed by atoms with Gasteiger partial charge in [0.2, 0.25) is 5.91 Å². The van der Waals surface area contributed by atoms with Gasteiger partial charge in [-0.3, -0.25) is 4.79 Å². The van der Waals surface area contributed by atoms with E-state index in [1.807, 2.05) is 12.1 Å². The largest absolute Gasteiger partial charge is 0.497 e. The smallest absolute Gasteiger partial charge is 0.315 e. The first-order valence-corrected chi connectivity index (χ1v) is 9.79. The predicted octanol–water partition coefficient (Wildman–Crippen LogP) is 0.186. The van der Waals surface area contributed by atoms with Crippen molar-refractivity contribution in [3.05, 3.63) is 29.8 Å². The molecule has 9 heteroatoms. The first kappa shape index (κ1) is 19.0. The number of ether oxygens (including phenoxy) is 1. The SMILES string of the molecule is COc1ccc(CNC(=O)C(C)NC(=O)NC2CCS(=O)(=O)C2)cc1. The van der Waals surface area contributed by atoms with E-state index in [1.165, 1.54) is 0 Å². The lowest BCUT2D eigenvalue weighted by molar-refractivity contribution is -0.122. The van der Waals surface area contributed by atoms with Gasteiger partial charge in [0.15, 0.2) is 9.84 Å². The molecule has 0 saturated carbocycles. The maximum Gasteiger partial charge on any atom is 0.315 e. The molecule has 1 aromatic rings. The van der Waals surface area contributed by atoms with E-state index in [0.29, 0.717) is 13.0 Å². The number of carbonyl (C=O) groups excluding carboxylic acids is 2. The highest BCUT2D eigenvalue weighted by Gasteiger charge is 2.29. The van der Waals surface area contributed by atoms with Gasteiger partial charge >= 0.3 is 6.03 Å². The average molecular weight is 369 g/mol. The Kier molecular flexibility index (Phi) is 6.24. The minimum absolute atomic E-state index is 0.0571. The van der Waals surface area contributed by atoms with Crippen LogP contribution in [0, 0.1) is 0 Å². The van der Waals surface area contributed by atoms with Crippen molar-refractivity contribution < 1.29 is 22.7 Å². The molecule has 0 aromatic heterocycles. The Morgan fingerprint density at radius 2 is 1.96 bits per heavy atom. The molecule has 1 aliphatic rings. The van der Waals surface area contributed by atoms with E-state index in [4.69, 9.17) is 4.74 Å². The quantitative estimate of drug-likeness (QED) is 0.662. The van der Waals surface area contributed by atoms with Crippen LogP contribution in [0.2, 0.25) is 0 Å². The molecule has 2 unspecified atom stereocenters. The van der Waals surface area contributed by atoms with Gasteiger partial charge in [-0.15, -0.1) is 0 Å². The van der Waals surface area contributed by atoms with Crippen molar-refractivity contribution in [2.45, 2.75) is 32.0 Å². The second-order valence-electron chi connectivity index (χ2n) is 6.01. The van der Waals surface area contributed by atoms with Gasteiger partial charge in [-0.2, -0.15) is 0 Å². The Morgan fingerprint density at radius 1 is 1.28 bits per heavy atom. The van der Waals surface area contributed by atoms with Crippen molar-refractivity contribution in [3.63, 3.8) is 0 Å². The zero-order chi connectivity index (χ0) is 18.4. The average Bonchev–Trinajstić information content (AvgIpc) is 2.91. The number of carbonyl (C=O) groups is 2. The number of nitrogens with one attached hydrogen (secondary N) is 3. The molecule has 3 amide bonds. The maximum absolute atomic E-state index is 12.0. The van der Waals surface area contributed by atoms with E-state index in [1.54, 1.807) is 26.2 Å². The lowest BCUT2D eigenvalue weighted by atomic mass is 10.2. The fraction of sp³-hybridized carbons (Fsp3) is 0.500. The number of hydrogen-bond acceptors (Lipinski definition) is 5. The number of sulfone groups is 1. The molecule has 1 heterocycles. The Balaban J connectivity index is 1.74. The van der Waals surface area contributed by atoms with Crippen LogP contribution in [0.5, 0.6) is 5.75 Å². The Bertz CT molecular complexity index is 718. The molecule has 0 bridgehead atoms. The fourth-order valence-electron chi connectivity index (χ4n) is 2.48. The van der Waals surface area contributed by atoms with Crippen LogP contribution in [0.25, 0.3) is 0 Å². The molecule has 0 radical (unpaired) electrons. The third-order valence-electron chi connectivity index (χ3n) is 3.93. The zero-order valence-electron chi connectivity index (χ0n) is 14.2. The second kappa shape index (κ2) is 8.19. The molecule has 2 atom stereocenters. The standard InChI is InChI=1S/C16H23N3O5S/c1-11(18-16(21)19-13-7-8-25(22,23)10-13)15(20)17-9-12-3-5-14(24-2)6-4-12/h3-6,11,13H,7-10H2,1-2H3,(H,17,20)(H2,18,19,21). The van der Waals surface area contributed by atoms with Gasteiger partial charge in [-0.1, -0.05) is 12.1 Å². The summed E-state index contributed by atoms with van der Waals surface area (Å²) >= 11 is 0. The third-order valence-corrected chi connectivity index (χ3v) is 5.70. The summed E-state index contributed by atoms with van der Waals surface area (Å²) in [5.74, 6) is 0.426. The lowest BCUT2D eigenvalue weighted by Gasteiger charge is -2.17. The first-order chi connectivity index (χ1) is 11.8.